The van der Waals surface area contributed by atoms with E-state index in [9.17, 15) is 13.2 Å². The van der Waals surface area contributed by atoms with Crippen molar-refractivity contribution in [1.29, 1.82) is 0 Å². The Hall–Kier alpha value is -5.87. The zero-order valence-corrected chi connectivity index (χ0v) is 49.2. The quantitative estimate of drug-likeness (QED) is 0.147. The molecule has 0 saturated carbocycles. The molecule has 7 aromatic rings. The number of halogens is 3. The first-order chi connectivity index (χ1) is 34.6. The lowest BCUT2D eigenvalue weighted by Gasteiger charge is -2.10. The number of hydrogen-bond acceptors (Lipinski definition) is 1. The van der Waals surface area contributed by atoms with Crippen molar-refractivity contribution in [2.75, 3.05) is 0 Å². The average molecular weight is 1010 g/mol. The first kappa shape index (κ1) is 66.1. The van der Waals surface area contributed by atoms with E-state index in [1.54, 1.807) is 12.1 Å². The van der Waals surface area contributed by atoms with Crippen molar-refractivity contribution >= 4 is 0 Å². The Bertz CT molecular complexity index is 2090. The van der Waals surface area contributed by atoms with E-state index in [1.165, 1.54) is 78.9 Å². The summed E-state index contributed by atoms with van der Waals surface area (Å²) in [5, 5.41) is 0. The topological polar surface area (TPSA) is 9.23 Å². The molecule has 0 amide bonds. The van der Waals surface area contributed by atoms with Crippen molar-refractivity contribution < 1.29 is 17.9 Å². The van der Waals surface area contributed by atoms with Crippen LogP contribution in [0.15, 0.2) is 170 Å². The third kappa shape index (κ3) is 29.7. The SMILES string of the molecule is CC(C)c1ccc(OC(F)(F)F)cc1.Cc1ccc(C(C)C)cc1.Cc1ccc(C(C)C)cc1.Cc1ccc(C(C)C)cc1.Cc1ccc(C(C)C)cc1.Cc1ccc(C(C)C)cc1.Cc1ccc(C(C)C)cc1. The third-order valence-electron chi connectivity index (χ3n) is 12.2. The Labute approximate surface area is 450 Å². The molecule has 0 aromatic heterocycles. The van der Waals surface area contributed by atoms with E-state index < -0.39 is 6.36 Å². The molecule has 0 fully saturated rings. The summed E-state index contributed by atoms with van der Waals surface area (Å²) in [6.45, 7) is 43.2. The second-order valence-corrected chi connectivity index (χ2v) is 21.7. The smallest absolute Gasteiger partial charge is 0.406 e. The Morgan fingerprint density at radius 2 is 0.351 bits per heavy atom. The van der Waals surface area contributed by atoms with Crippen LogP contribution >= 0.6 is 0 Å². The summed E-state index contributed by atoms with van der Waals surface area (Å²) < 4.78 is 39.1. The monoisotopic (exact) mass is 1010 g/mol. The summed E-state index contributed by atoms with van der Waals surface area (Å²) >= 11 is 0. The highest BCUT2D eigenvalue weighted by atomic mass is 19.4. The van der Waals surface area contributed by atoms with Gasteiger partial charge in [0.2, 0.25) is 0 Å². The molecule has 0 N–H and O–H groups in total. The molecule has 0 spiro atoms. The molecule has 0 bridgehead atoms. The molecule has 7 rings (SSSR count). The minimum atomic E-state index is -4.61. The summed E-state index contributed by atoms with van der Waals surface area (Å²) in [6.07, 6.45) is -4.61. The predicted molar refractivity (Wildman–Crippen MR) is 319 cm³/mol. The van der Waals surface area contributed by atoms with Gasteiger partial charge in [0.05, 0.1) is 0 Å². The van der Waals surface area contributed by atoms with Gasteiger partial charge in [0.15, 0.2) is 0 Å². The molecule has 402 valence electrons. The van der Waals surface area contributed by atoms with Gasteiger partial charge >= 0.3 is 6.36 Å². The van der Waals surface area contributed by atoms with Crippen LogP contribution in [0.2, 0.25) is 0 Å². The molecule has 7 aromatic carbocycles. The van der Waals surface area contributed by atoms with E-state index in [0.29, 0.717) is 41.4 Å². The normalized spacial score (nSPS) is 10.7. The van der Waals surface area contributed by atoms with E-state index in [-0.39, 0.29) is 5.75 Å². The molecule has 74 heavy (non-hydrogen) atoms. The molecular weight excluding hydrogens is 914 g/mol. The number of aryl methyl sites for hydroxylation is 6. The van der Waals surface area contributed by atoms with Gasteiger partial charge in [-0.05, 0) is 134 Å². The fourth-order valence-electron chi connectivity index (χ4n) is 6.76. The highest BCUT2D eigenvalue weighted by Gasteiger charge is 2.31. The number of ether oxygens (including phenoxy) is 1. The minimum absolute atomic E-state index is 0.179. The lowest BCUT2D eigenvalue weighted by molar-refractivity contribution is -0.274. The van der Waals surface area contributed by atoms with E-state index >= 15 is 0 Å². The largest absolute Gasteiger partial charge is 0.573 e. The molecule has 0 saturated heterocycles. The Kier molecular flexibility index (Phi) is 30.9. The molecular formula is C70H95F3O. The Balaban J connectivity index is 0.000000433. The van der Waals surface area contributed by atoms with Gasteiger partial charge < -0.3 is 4.74 Å². The van der Waals surface area contributed by atoms with Crippen LogP contribution < -0.4 is 4.74 Å². The molecule has 0 aliphatic carbocycles. The van der Waals surface area contributed by atoms with Crippen LogP contribution in [0.1, 0.15) is 211 Å². The van der Waals surface area contributed by atoms with E-state index in [2.05, 4.69) is 275 Å². The summed E-state index contributed by atoms with van der Waals surface area (Å²) in [5.74, 6) is 4.04. The van der Waals surface area contributed by atoms with Crippen molar-refractivity contribution in [2.24, 2.45) is 0 Å². The van der Waals surface area contributed by atoms with Gasteiger partial charge in [0.25, 0.3) is 0 Å². The summed E-state index contributed by atoms with van der Waals surface area (Å²) in [4.78, 5) is 0. The van der Waals surface area contributed by atoms with E-state index in [1.807, 2.05) is 13.8 Å². The van der Waals surface area contributed by atoms with Crippen molar-refractivity contribution in [3.8, 4) is 5.75 Å². The third-order valence-corrected chi connectivity index (χ3v) is 12.2. The van der Waals surface area contributed by atoms with E-state index in [0.717, 1.165) is 5.56 Å². The van der Waals surface area contributed by atoms with Crippen LogP contribution in [0, 0.1) is 41.5 Å². The maximum absolute atomic E-state index is 11.8. The fourth-order valence-corrected chi connectivity index (χ4v) is 6.76. The van der Waals surface area contributed by atoms with Crippen molar-refractivity contribution in [2.45, 2.75) is 186 Å². The zero-order chi connectivity index (χ0) is 56.1. The highest BCUT2D eigenvalue weighted by molar-refractivity contribution is 5.30. The van der Waals surface area contributed by atoms with Gasteiger partial charge in [-0.2, -0.15) is 0 Å². The predicted octanol–water partition coefficient (Wildman–Crippen LogP) is 22.4. The second-order valence-electron chi connectivity index (χ2n) is 21.7. The van der Waals surface area contributed by atoms with Gasteiger partial charge in [-0.15, -0.1) is 13.2 Å². The zero-order valence-electron chi connectivity index (χ0n) is 49.2. The molecule has 0 aliphatic rings. The van der Waals surface area contributed by atoms with Gasteiger partial charge in [0, 0.05) is 0 Å². The van der Waals surface area contributed by atoms with Crippen LogP contribution in [-0.4, -0.2) is 6.36 Å². The molecule has 0 unspecified atom stereocenters. The number of alkyl halides is 3. The molecule has 0 heterocycles. The number of rotatable bonds is 8. The molecule has 1 nitrogen and oxygen atoms in total. The Morgan fingerprint density at radius 1 is 0.230 bits per heavy atom. The summed E-state index contributed by atoms with van der Waals surface area (Å²) in [7, 11) is 0. The Morgan fingerprint density at radius 3 is 0.459 bits per heavy atom. The van der Waals surface area contributed by atoms with Gasteiger partial charge in [-0.1, -0.05) is 288 Å². The van der Waals surface area contributed by atoms with Crippen LogP contribution in [0.4, 0.5) is 13.2 Å². The van der Waals surface area contributed by atoms with E-state index in [4.69, 9.17) is 0 Å². The minimum Gasteiger partial charge on any atom is -0.406 e. The second kappa shape index (κ2) is 34.6. The van der Waals surface area contributed by atoms with Crippen molar-refractivity contribution in [3.63, 3.8) is 0 Å². The standard InChI is InChI=1S/C10H11F3O.6C10H14/c1-7(2)8-3-5-9(6-4-8)14-10(11,12)13;6*1-8(2)10-6-4-9(3)5-7-10/h3-7H,1-2H3;6*4-8H,1-3H3. The number of hydrogen-bond donors (Lipinski definition) is 0. The first-order valence-electron chi connectivity index (χ1n) is 26.8. The molecule has 4 heteroatoms. The molecule has 0 atom stereocenters. The van der Waals surface area contributed by atoms with Crippen LogP contribution in [0.5, 0.6) is 5.75 Å². The summed E-state index contributed by atoms with van der Waals surface area (Å²) in [6, 6.07) is 58.2. The van der Waals surface area contributed by atoms with Crippen LogP contribution in [0.3, 0.4) is 0 Å². The van der Waals surface area contributed by atoms with Gasteiger partial charge in [-0.3, -0.25) is 0 Å². The number of benzene rings is 7. The van der Waals surface area contributed by atoms with Gasteiger partial charge in [0.1, 0.15) is 5.75 Å². The highest BCUT2D eigenvalue weighted by Crippen LogP contribution is 2.25. The lowest BCUT2D eigenvalue weighted by Crippen LogP contribution is -2.17. The molecule has 0 radical (unpaired) electrons. The lowest BCUT2D eigenvalue weighted by atomic mass is 10.0. The first-order valence-corrected chi connectivity index (χ1v) is 26.8. The van der Waals surface area contributed by atoms with Crippen molar-refractivity contribution in [1.82, 2.24) is 0 Å². The summed E-state index contributed by atoms with van der Waals surface area (Å²) in [5.41, 5.74) is 17.5. The van der Waals surface area contributed by atoms with Crippen molar-refractivity contribution in [3.05, 3.63) is 242 Å². The van der Waals surface area contributed by atoms with Crippen LogP contribution in [-0.2, 0) is 0 Å². The maximum atomic E-state index is 11.8. The molecule has 0 aliphatic heterocycles. The van der Waals surface area contributed by atoms with Gasteiger partial charge in [-0.25, -0.2) is 0 Å². The maximum Gasteiger partial charge on any atom is 0.573 e. The van der Waals surface area contributed by atoms with Crippen LogP contribution in [0.25, 0.3) is 0 Å². The average Bonchev–Trinajstić information content (AvgIpc) is 3.33. The fraction of sp³-hybridized carbons (Fsp3) is 0.400.